The van der Waals surface area contributed by atoms with E-state index in [4.69, 9.17) is 0 Å². The van der Waals surface area contributed by atoms with Crippen LogP contribution in [0.25, 0.3) is 0 Å². The second-order valence-corrected chi connectivity index (χ2v) is 5.60. The highest BCUT2D eigenvalue weighted by atomic mass is 16.6. The van der Waals surface area contributed by atoms with E-state index in [9.17, 15) is 4.79 Å². The number of amides is 1. The molecule has 0 N–H and O–H groups in total. The number of carbonyl (C=O) groups is 1. The van der Waals surface area contributed by atoms with Gasteiger partial charge in [0.1, 0.15) is 7.11 Å². The summed E-state index contributed by atoms with van der Waals surface area (Å²) in [7, 11) is 3.44. The van der Waals surface area contributed by atoms with E-state index in [0.29, 0.717) is 6.04 Å². The molecule has 1 amide bonds. The number of nitrogens with zero attached hydrogens (tertiary/aromatic N) is 2. The minimum atomic E-state index is 0.108. The van der Waals surface area contributed by atoms with Crippen LogP contribution < -0.4 is 0 Å². The average molecular weight is 288 g/mol. The Kier molecular flexibility index (Phi) is 5.78. The fourth-order valence-corrected chi connectivity index (χ4v) is 2.84. The van der Waals surface area contributed by atoms with Crippen LogP contribution in [0.3, 0.4) is 0 Å². The summed E-state index contributed by atoms with van der Waals surface area (Å²) in [6, 6.07) is 7.86. The van der Waals surface area contributed by atoms with Crippen molar-refractivity contribution in [2.45, 2.75) is 44.6 Å². The van der Waals surface area contributed by atoms with Gasteiger partial charge in [0.15, 0.2) is 0 Å². The van der Waals surface area contributed by atoms with Gasteiger partial charge in [0, 0.05) is 18.7 Å². The predicted octanol–water partition coefficient (Wildman–Crippen LogP) is 3.46. The van der Waals surface area contributed by atoms with Crippen LogP contribution >= 0.6 is 0 Å². The average Bonchev–Trinajstić information content (AvgIpc) is 2.81. The standard InChI is InChI=1S/C17H24N2O2/c1-19(16-7-5-3-4-6-8-16)17(20)15-11-9-14(10-12-15)13-18-21-2/h9-13,16H,3-8H2,1-2H3/b18-13+. The molecule has 1 aliphatic carbocycles. The summed E-state index contributed by atoms with van der Waals surface area (Å²) in [5.41, 5.74) is 1.65. The second kappa shape index (κ2) is 7.81. The van der Waals surface area contributed by atoms with Crippen molar-refractivity contribution in [1.82, 2.24) is 4.90 Å². The van der Waals surface area contributed by atoms with Gasteiger partial charge in [-0.1, -0.05) is 43.0 Å². The van der Waals surface area contributed by atoms with Gasteiger partial charge in [-0.2, -0.15) is 0 Å². The molecular formula is C17H24N2O2. The number of benzene rings is 1. The molecule has 21 heavy (non-hydrogen) atoms. The second-order valence-electron chi connectivity index (χ2n) is 5.60. The first-order chi connectivity index (χ1) is 10.2. The lowest BCUT2D eigenvalue weighted by Crippen LogP contribution is -2.36. The zero-order valence-corrected chi connectivity index (χ0v) is 12.9. The molecule has 1 aromatic carbocycles. The molecule has 0 unspecified atom stereocenters. The Bertz CT molecular complexity index is 474. The van der Waals surface area contributed by atoms with E-state index in [0.717, 1.165) is 24.0 Å². The Hall–Kier alpha value is -1.84. The highest BCUT2D eigenvalue weighted by Gasteiger charge is 2.21. The molecule has 0 atom stereocenters. The molecule has 0 saturated heterocycles. The molecule has 2 rings (SSSR count). The summed E-state index contributed by atoms with van der Waals surface area (Å²) in [6.07, 6.45) is 8.94. The van der Waals surface area contributed by atoms with E-state index in [1.165, 1.54) is 32.8 Å². The van der Waals surface area contributed by atoms with Gasteiger partial charge < -0.3 is 9.74 Å². The number of hydrogen-bond donors (Lipinski definition) is 0. The van der Waals surface area contributed by atoms with E-state index in [1.807, 2.05) is 36.2 Å². The number of hydrogen-bond acceptors (Lipinski definition) is 3. The van der Waals surface area contributed by atoms with Gasteiger partial charge in [-0.15, -0.1) is 0 Å². The van der Waals surface area contributed by atoms with Crippen LogP contribution in [-0.4, -0.2) is 37.2 Å². The third kappa shape index (κ3) is 4.31. The van der Waals surface area contributed by atoms with Crippen LogP contribution in [0.2, 0.25) is 0 Å². The Morgan fingerprint density at radius 1 is 1.19 bits per heavy atom. The molecule has 1 aliphatic rings. The first kappa shape index (κ1) is 15.5. The summed E-state index contributed by atoms with van der Waals surface area (Å²) in [5, 5.41) is 3.72. The lowest BCUT2D eigenvalue weighted by molar-refractivity contribution is 0.0717. The summed E-state index contributed by atoms with van der Waals surface area (Å²) in [6.45, 7) is 0. The highest BCUT2D eigenvalue weighted by Crippen LogP contribution is 2.22. The molecule has 4 nitrogen and oxygen atoms in total. The molecule has 0 bridgehead atoms. The van der Waals surface area contributed by atoms with Crippen molar-refractivity contribution in [3.05, 3.63) is 35.4 Å². The SMILES string of the molecule is CO/N=C/c1ccc(C(=O)N(C)C2CCCCCC2)cc1. The van der Waals surface area contributed by atoms with Gasteiger partial charge in [-0.05, 0) is 30.5 Å². The lowest BCUT2D eigenvalue weighted by Gasteiger charge is -2.27. The van der Waals surface area contributed by atoms with Crippen LogP contribution in [0.4, 0.5) is 0 Å². The first-order valence-corrected chi connectivity index (χ1v) is 7.66. The predicted molar refractivity (Wildman–Crippen MR) is 84.6 cm³/mol. The van der Waals surface area contributed by atoms with E-state index >= 15 is 0 Å². The molecular weight excluding hydrogens is 264 g/mol. The normalized spacial score (nSPS) is 16.7. The Morgan fingerprint density at radius 3 is 2.38 bits per heavy atom. The molecule has 0 spiro atoms. The van der Waals surface area contributed by atoms with E-state index in [-0.39, 0.29) is 5.91 Å². The van der Waals surface area contributed by atoms with Gasteiger partial charge in [0.25, 0.3) is 5.91 Å². The van der Waals surface area contributed by atoms with Gasteiger partial charge in [-0.25, -0.2) is 0 Å². The van der Waals surface area contributed by atoms with Crippen molar-refractivity contribution in [3.8, 4) is 0 Å². The minimum absolute atomic E-state index is 0.108. The number of carbonyl (C=O) groups excluding carboxylic acids is 1. The minimum Gasteiger partial charge on any atom is -0.399 e. The Balaban J connectivity index is 2.02. The number of rotatable bonds is 4. The molecule has 4 heteroatoms. The molecule has 1 fully saturated rings. The quantitative estimate of drug-likeness (QED) is 0.483. The van der Waals surface area contributed by atoms with Crippen LogP contribution in [-0.2, 0) is 4.84 Å². The Morgan fingerprint density at radius 2 is 1.81 bits per heavy atom. The Labute approximate surface area is 126 Å². The molecule has 0 radical (unpaired) electrons. The van der Waals surface area contributed by atoms with Gasteiger partial charge >= 0.3 is 0 Å². The van der Waals surface area contributed by atoms with Crippen molar-refractivity contribution in [1.29, 1.82) is 0 Å². The summed E-state index contributed by atoms with van der Waals surface area (Å²) < 4.78 is 0. The highest BCUT2D eigenvalue weighted by molar-refractivity contribution is 5.95. The van der Waals surface area contributed by atoms with E-state index < -0.39 is 0 Å². The van der Waals surface area contributed by atoms with Crippen molar-refractivity contribution in [3.63, 3.8) is 0 Å². The van der Waals surface area contributed by atoms with E-state index in [1.54, 1.807) is 6.21 Å². The summed E-state index contributed by atoms with van der Waals surface area (Å²) in [4.78, 5) is 19.1. The van der Waals surface area contributed by atoms with Crippen LogP contribution in [0.1, 0.15) is 54.4 Å². The van der Waals surface area contributed by atoms with Crippen molar-refractivity contribution < 1.29 is 9.63 Å². The lowest BCUT2D eigenvalue weighted by atomic mass is 10.1. The van der Waals surface area contributed by atoms with Crippen LogP contribution in [0.15, 0.2) is 29.4 Å². The third-order valence-corrected chi connectivity index (χ3v) is 4.16. The van der Waals surface area contributed by atoms with Gasteiger partial charge in [0.05, 0.1) is 6.21 Å². The van der Waals surface area contributed by atoms with Crippen molar-refractivity contribution >= 4 is 12.1 Å². The van der Waals surface area contributed by atoms with Gasteiger partial charge in [0.2, 0.25) is 0 Å². The summed E-state index contributed by atoms with van der Waals surface area (Å²) >= 11 is 0. The van der Waals surface area contributed by atoms with Gasteiger partial charge in [-0.3, -0.25) is 4.79 Å². The molecule has 0 heterocycles. The zero-order valence-electron chi connectivity index (χ0n) is 12.9. The molecule has 114 valence electrons. The fraction of sp³-hybridized carbons (Fsp3) is 0.529. The maximum atomic E-state index is 12.5. The zero-order chi connectivity index (χ0) is 15.1. The number of oxime groups is 1. The fourth-order valence-electron chi connectivity index (χ4n) is 2.84. The monoisotopic (exact) mass is 288 g/mol. The van der Waals surface area contributed by atoms with Crippen LogP contribution in [0.5, 0.6) is 0 Å². The molecule has 0 aromatic heterocycles. The molecule has 1 aromatic rings. The topological polar surface area (TPSA) is 41.9 Å². The third-order valence-electron chi connectivity index (χ3n) is 4.16. The molecule has 0 aliphatic heterocycles. The van der Waals surface area contributed by atoms with Crippen molar-refractivity contribution in [2.75, 3.05) is 14.2 Å². The van der Waals surface area contributed by atoms with Crippen LogP contribution in [0, 0.1) is 0 Å². The van der Waals surface area contributed by atoms with E-state index in [2.05, 4.69) is 9.99 Å². The first-order valence-electron chi connectivity index (χ1n) is 7.66. The van der Waals surface area contributed by atoms with Crippen molar-refractivity contribution in [2.24, 2.45) is 5.16 Å². The maximum absolute atomic E-state index is 12.5. The smallest absolute Gasteiger partial charge is 0.253 e. The maximum Gasteiger partial charge on any atom is 0.253 e. The largest absolute Gasteiger partial charge is 0.399 e. The molecule has 1 saturated carbocycles. The summed E-state index contributed by atoms with van der Waals surface area (Å²) in [5.74, 6) is 0.108.